The van der Waals surface area contributed by atoms with Crippen LogP contribution in [-0.4, -0.2) is 0 Å². The molecule has 0 aliphatic carbocycles. The molecule has 0 radical (unpaired) electrons. The van der Waals surface area contributed by atoms with Crippen LogP contribution in [0.4, 0.5) is 0 Å². The van der Waals surface area contributed by atoms with Crippen molar-refractivity contribution in [2.24, 2.45) is 0 Å². The molecule has 0 aliphatic rings. The van der Waals surface area contributed by atoms with Gasteiger partial charge in [-0.05, 0) is 67.2 Å². The fraction of sp³-hybridized carbons (Fsp3) is 0.500. The lowest BCUT2D eigenvalue weighted by Gasteiger charge is -1.97. The summed E-state index contributed by atoms with van der Waals surface area (Å²) >= 11 is 0. The van der Waals surface area contributed by atoms with Crippen molar-refractivity contribution >= 4 is 0 Å². The van der Waals surface area contributed by atoms with Crippen LogP contribution in [-0.2, 0) is 0 Å². The molecule has 0 aliphatic heterocycles. The summed E-state index contributed by atoms with van der Waals surface area (Å²) in [7, 11) is 0. The van der Waals surface area contributed by atoms with Gasteiger partial charge >= 0.3 is 0 Å². The van der Waals surface area contributed by atoms with E-state index in [4.69, 9.17) is 0 Å². The molecule has 0 fully saturated rings. The zero-order chi connectivity index (χ0) is 15.4. The Morgan fingerprint density at radius 2 is 0.950 bits per heavy atom. The SMILES string of the molecule is CC(C)=CCC/C(C)=C/C=C/C=C(\C)CCC=C(C)C. The van der Waals surface area contributed by atoms with Crippen molar-refractivity contribution in [1.82, 2.24) is 0 Å². The maximum absolute atomic E-state index is 2.30. The zero-order valence-corrected chi connectivity index (χ0v) is 14.3. The highest BCUT2D eigenvalue weighted by Crippen LogP contribution is 2.08. The van der Waals surface area contributed by atoms with E-state index in [-0.39, 0.29) is 0 Å². The van der Waals surface area contributed by atoms with Crippen molar-refractivity contribution in [3.8, 4) is 0 Å². The van der Waals surface area contributed by atoms with Gasteiger partial charge in [-0.1, -0.05) is 58.7 Å². The molecule has 112 valence electrons. The van der Waals surface area contributed by atoms with E-state index in [1.807, 2.05) is 0 Å². The van der Waals surface area contributed by atoms with Crippen LogP contribution >= 0.6 is 0 Å². The highest BCUT2D eigenvalue weighted by molar-refractivity contribution is 5.18. The van der Waals surface area contributed by atoms with E-state index in [9.17, 15) is 0 Å². The third kappa shape index (κ3) is 13.1. The van der Waals surface area contributed by atoms with E-state index in [0.29, 0.717) is 0 Å². The molecular weight excluding hydrogens is 240 g/mol. The van der Waals surface area contributed by atoms with Gasteiger partial charge in [0.1, 0.15) is 0 Å². The van der Waals surface area contributed by atoms with Crippen molar-refractivity contribution in [2.45, 2.75) is 67.2 Å². The minimum atomic E-state index is 1.15. The van der Waals surface area contributed by atoms with Crippen LogP contribution in [0.2, 0.25) is 0 Å². The molecule has 0 aromatic rings. The van der Waals surface area contributed by atoms with Gasteiger partial charge in [0.2, 0.25) is 0 Å². The van der Waals surface area contributed by atoms with Crippen LogP contribution in [0.15, 0.2) is 58.7 Å². The predicted molar refractivity (Wildman–Crippen MR) is 94.0 cm³/mol. The first-order valence-electron chi connectivity index (χ1n) is 7.68. The largest absolute Gasteiger partial charge is 0.0856 e. The Labute approximate surface area is 126 Å². The number of rotatable bonds is 8. The van der Waals surface area contributed by atoms with Gasteiger partial charge in [0.15, 0.2) is 0 Å². The van der Waals surface area contributed by atoms with Crippen LogP contribution < -0.4 is 0 Å². The van der Waals surface area contributed by atoms with Crippen LogP contribution in [0.5, 0.6) is 0 Å². The minimum Gasteiger partial charge on any atom is -0.0856 e. The second-order valence-electron chi connectivity index (χ2n) is 6.05. The van der Waals surface area contributed by atoms with Gasteiger partial charge in [0, 0.05) is 0 Å². The maximum Gasteiger partial charge on any atom is -0.0285 e. The first-order valence-corrected chi connectivity index (χ1v) is 7.68. The monoisotopic (exact) mass is 272 g/mol. The summed E-state index contributed by atoms with van der Waals surface area (Å²) in [5.41, 5.74) is 5.69. The molecule has 20 heavy (non-hydrogen) atoms. The third-order valence-corrected chi connectivity index (χ3v) is 3.06. The molecule has 0 N–H and O–H groups in total. The Balaban J connectivity index is 4.09. The molecule has 0 saturated carbocycles. The first-order chi connectivity index (χ1) is 9.41. The van der Waals surface area contributed by atoms with Gasteiger partial charge in [0.05, 0.1) is 0 Å². The van der Waals surface area contributed by atoms with Crippen molar-refractivity contribution in [2.75, 3.05) is 0 Å². The molecular formula is C20H32. The van der Waals surface area contributed by atoms with Crippen molar-refractivity contribution < 1.29 is 0 Å². The van der Waals surface area contributed by atoms with Crippen molar-refractivity contribution in [3.05, 3.63) is 58.7 Å². The van der Waals surface area contributed by atoms with Crippen LogP contribution in [0.1, 0.15) is 67.2 Å². The van der Waals surface area contributed by atoms with E-state index >= 15 is 0 Å². The molecule has 0 saturated heterocycles. The molecule has 0 atom stereocenters. The lowest BCUT2D eigenvalue weighted by atomic mass is 10.1. The molecule has 0 rings (SSSR count). The average molecular weight is 272 g/mol. The molecule has 0 heteroatoms. The van der Waals surface area contributed by atoms with E-state index in [0.717, 1.165) is 25.7 Å². The van der Waals surface area contributed by atoms with Crippen molar-refractivity contribution in [3.63, 3.8) is 0 Å². The minimum absolute atomic E-state index is 1.15. The molecule has 0 aromatic heterocycles. The number of allylic oxidation sites excluding steroid dienone is 10. The standard InChI is InChI=1S/C20H32/c1-17(2)11-9-15-19(5)13-7-8-14-20(6)16-10-12-18(3)4/h7-8,11-14H,9-10,15-16H2,1-6H3/b8-7+,19-13+,20-14+. The first kappa shape index (κ1) is 18.7. The van der Waals surface area contributed by atoms with Crippen LogP contribution in [0.25, 0.3) is 0 Å². The van der Waals surface area contributed by atoms with Gasteiger partial charge in [-0.15, -0.1) is 0 Å². The Hall–Kier alpha value is -1.30. The summed E-state index contributed by atoms with van der Waals surface area (Å²) in [6, 6.07) is 0. The van der Waals surface area contributed by atoms with Crippen LogP contribution in [0.3, 0.4) is 0 Å². The molecule has 0 unspecified atom stereocenters. The van der Waals surface area contributed by atoms with Gasteiger partial charge in [0.25, 0.3) is 0 Å². The number of hydrogen-bond acceptors (Lipinski definition) is 0. The lowest BCUT2D eigenvalue weighted by molar-refractivity contribution is 0.965. The fourth-order valence-corrected chi connectivity index (χ4v) is 1.78. The smallest absolute Gasteiger partial charge is 0.0285 e. The fourth-order valence-electron chi connectivity index (χ4n) is 1.78. The number of hydrogen-bond donors (Lipinski definition) is 0. The highest BCUT2D eigenvalue weighted by atomic mass is 13.9. The second-order valence-corrected chi connectivity index (χ2v) is 6.05. The summed E-state index contributed by atoms with van der Waals surface area (Å²) in [6.07, 6.45) is 18.0. The van der Waals surface area contributed by atoms with E-state index in [2.05, 4.69) is 78.0 Å². The summed E-state index contributed by atoms with van der Waals surface area (Å²) in [5.74, 6) is 0. The Morgan fingerprint density at radius 3 is 1.25 bits per heavy atom. The Morgan fingerprint density at radius 1 is 0.600 bits per heavy atom. The van der Waals surface area contributed by atoms with Crippen LogP contribution in [0, 0.1) is 0 Å². The quantitative estimate of drug-likeness (QED) is 0.332. The molecule has 0 amide bonds. The third-order valence-electron chi connectivity index (χ3n) is 3.06. The van der Waals surface area contributed by atoms with E-state index < -0.39 is 0 Å². The summed E-state index contributed by atoms with van der Waals surface area (Å²) in [4.78, 5) is 0. The summed E-state index contributed by atoms with van der Waals surface area (Å²) < 4.78 is 0. The molecule has 0 aromatic carbocycles. The van der Waals surface area contributed by atoms with Gasteiger partial charge in [-0.25, -0.2) is 0 Å². The Kier molecular flexibility index (Phi) is 10.8. The molecule has 0 bridgehead atoms. The van der Waals surface area contributed by atoms with Gasteiger partial charge in [-0.2, -0.15) is 0 Å². The van der Waals surface area contributed by atoms with Gasteiger partial charge in [-0.3, -0.25) is 0 Å². The summed E-state index contributed by atoms with van der Waals surface area (Å²) in [6.45, 7) is 13.0. The lowest BCUT2D eigenvalue weighted by Crippen LogP contribution is -1.77. The van der Waals surface area contributed by atoms with Crippen molar-refractivity contribution in [1.29, 1.82) is 0 Å². The molecule has 0 spiro atoms. The molecule has 0 heterocycles. The van der Waals surface area contributed by atoms with E-state index in [1.165, 1.54) is 22.3 Å². The molecule has 0 nitrogen and oxygen atoms in total. The maximum atomic E-state index is 2.30. The van der Waals surface area contributed by atoms with Gasteiger partial charge < -0.3 is 0 Å². The topological polar surface area (TPSA) is 0 Å². The van der Waals surface area contributed by atoms with E-state index in [1.54, 1.807) is 0 Å². The highest BCUT2D eigenvalue weighted by Gasteiger charge is 1.88. The Bertz CT molecular complexity index is 363. The zero-order valence-electron chi connectivity index (χ0n) is 14.3. The predicted octanol–water partition coefficient (Wildman–Crippen LogP) is 6.93. The normalized spacial score (nSPS) is 12.7. The second kappa shape index (κ2) is 11.5. The average Bonchev–Trinajstić information content (AvgIpc) is 2.33. The summed E-state index contributed by atoms with van der Waals surface area (Å²) in [5, 5.41) is 0.